The Labute approximate surface area is 128 Å². The minimum absolute atomic E-state index is 0.0982. The highest BCUT2D eigenvalue weighted by Crippen LogP contribution is 2.20. The van der Waals surface area contributed by atoms with Crippen LogP contribution >= 0.6 is 11.6 Å². The van der Waals surface area contributed by atoms with Gasteiger partial charge in [0, 0.05) is 6.54 Å². The van der Waals surface area contributed by atoms with Gasteiger partial charge in [0.25, 0.3) is 5.56 Å². The number of unbranched alkanes of at least 4 members (excludes halogenated alkanes) is 3. The van der Waals surface area contributed by atoms with Crippen molar-refractivity contribution < 1.29 is 0 Å². The molecule has 0 atom stereocenters. The number of rotatable bonds is 6. The van der Waals surface area contributed by atoms with Crippen molar-refractivity contribution in [1.29, 1.82) is 0 Å². The van der Waals surface area contributed by atoms with Gasteiger partial charge >= 0.3 is 5.69 Å². The predicted octanol–water partition coefficient (Wildman–Crippen LogP) is 3.44. The second-order valence-corrected chi connectivity index (χ2v) is 5.38. The first-order valence-electron chi connectivity index (χ1n) is 7.23. The van der Waals surface area contributed by atoms with Crippen molar-refractivity contribution in [2.24, 2.45) is 0 Å². The van der Waals surface area contributed by atoms with Gasteiger partial charge in [-0.1, -0.05) is 68.1 Å². The maximum absolute atomic E-state index is 12.5. The molecule has 0 unspecified atom stereocenters. The van der Waals surface area contributed by atoms with Crippen LogP contribution in [-0.2, 0) is 6.54 Å². The fourth-order valence-electron chi connectivity index (χ4n) is 2.30. The zero-order valence-electron chi connectivity index (χ0n) is 12.1. The second kappa shape index (κ2) is 7.27. The number of benzene rings is 1. The van der Waals surface area contributed by atoms with Crippen LogP contribution in [0.2, 0.25) is 5.15 Å². The van der Waals surface area contributed by atoms with E-state index in [0.29, 0.717) is 17.7 Å². The average Bonchev–Trinajstić information content (AvgIpc) is 2.47. The molecule has 4 nitrogen and oxygen atoms in total. The number of aromatic amines is 1. The van der Waals surface area contributed by atoms with Gasteiger partial charge in [0.05, 0.1) is 5.56 Å². The topological polar surface area (TPSA) is 54.9 Å². The number of H-pyrrole nitrogens is 1. The van der Waals surface area contributed by atoms with Crippen LogP contribution in [0, 0.1) is 0 Å². The molecule has 0 saturated heterocycles. The Balaban J connectivity index is 2.39. The number of halogens is 1. The van der Waals surface area contributed by atoms with Crippen molar-refractivity contribution in [2.45, 2.75) is 39.2 Å². The number of hydrogen-bond acceptors (Lipinski definition) is 2. The summed E-state index contributed by atoms with van der Waals surface area (Å²) < 4.78 is 1.24. The first-order chi connectivity index (χ1) is 10.1. The van der Waals surface area contributed by atoms with Crippen LogP contribution in [-0.4, -0.2) is 9.55 Å². The molecule has 112 valence electrons. The van der Waals surface area contributed by atoms with Crippen molar-refractivity contribution in [1.82, 2.24) is 9.55 Å². The van der Waals surface area contributed by atoms with Crippen LogP contribution in [0.1, 0.15) is 32.6 Å². The fraction of sp³-hybridized carbons (Fsp3) is 0.375. The minimum atomic E-state index is -0.443. The Morgan fingerprint density at radius 1 is 1.10 bits per heavy atom. The van der Waals surface area contributed by atoms with E-state index in [1.54, 1.807) is 0 Å². The molecule has 1 aromatic carbocycles. The molecule has 0 spiro atoms. The van der Waals surface area contributed by atoms with Gasteiger partial charge in [-0.15, -0.1) is 0 Å². The maximum atomic E-state index is 12.5. The molecule has 1 heterocycles. The van der Waals surface area contributed by atoms with Gasteiger partial charge in [-0.2, -0.15) is 0 Å². The van der Waals surface area contributed by atoms with Crippen molar-refractivity contribution in [3.05, 3.63) is 56.3 Å². The van der Waals surface area contributed by atoms with Crippen LogP contribution in [0.4, 0.5) is 0 Å². The summed E-state index contributed by atoms with van der Waals surface area (Å²) >= 11 is 6.06. The number of nitrogens with zero attached hydrogens (tertiary/aromatic N) is 1. The van der Waals surface area contributed by atoms with Gasteiger partial charge in [0.2, 0.25) is 0 Å². The van der Waals surface area contributed by atoms with Crippen LogP contribution in [0.15, 0.2) is 39.9 Å². The Bertz CT molecular complexity index is 704. The largest absolute Gasteiger partial charge is 0.329 e. The van der Waals surface area contributed by atoms with E-state index >= 15 is 0 Å². The zero-order chi connectivity index (χ0) is 15.2. The monoisotopic (exact) mass is 306 g/mol. The maximum Gasteiger partial charge on any atom is 0.329 e. The highest BCUT2D eigenvalue weighted by molar-refractivity contribution is 6.32. The van der Waals surface area contributed by atoms with Crippen LogP contribution in [0.5, 0.6) is 0 Å². The van der Waals surface area contributed by atoms with Crippen molar-refractivity contribution >= 4 is 11.6 Å². The standard InChI is InChI=1S/C16H19ClN2O2/c1-2-3-4-8-11-19-15(20)13(14(17)18-16(19)21)12-9-6-5-7-10-12/h5-7,9-10H,2-4,8,11H2,1H3,(H,18,21). The first-order valence-corrected chi connectivity index (χ1v) is 7.61. The molecule has 5 heteroatoms. The Kier molecular flexibility index (Phi) is 5.39. The lowest BCUT2D eigenvalue weighted by Gasteiger charge is -2.09. The van der Waals surface area contributed by atoms with Gasteiger partial charge in [-0.25, -0.2) is 4.79 Å². The van der Waals surface area contributed by atoms with Crippen molar-refractivity contribution in [3.63, 3.8) is 0 Å². The smallest absolute Gasteiger partial charge is 0.297 e. The number of nitrogens with one attached hydrogen (secondary N) is 1. The van der Waals surface area contributed by atoms with Gasteiger partial charge in [-0.3, -0.25) is 14.3 Å². The molecule has 0 bridgehead atoms. The lowest BCUT2D eigenvalue weighted by molar-refractivity contribution is 0.551. The summed E-state index contributed by atoms with van der Waals surface area (Å²) in [5, 5.41) is 0.0982. The Hall–Kier alpha value is -1.81. The second-order valence-electron chi connectivity index (χ2n) is 5.00. The molecule has 0 amide bonds. The SMILES string of the molecule is CCCCCCn1c(=O)[nH]c(Cl)c(-c2ccccc2)c1=O. The first kappa shape index (κ1) is 15.6. The quantitative estimate of drug-likeness (QED) is 0.656. The zero-order valence-corrected chi connectivity index (χ0v) is 12.8. The summed E-state index contributed by atoms with van der Waals surface area (Å²) in [7, 11) is 0. The third kappa shape index (κ3) is 3.64. The van der Waals surface area contributed by atoms with Gasteiger partial charge in [0.1, 0.15) is 5.15 Å². The molecule has 1 N–H and O–H groups in total. The minimum Gasteiger partial charge on any atom is -0.297 e. The molecule has 21 heavy (non-hydrogen) atoms. The summed E-state index contributed by atoms with van der Waals surface area (Å²) in [4.78, 5) is 27.0. The van der Waals surface area contributed by atoms with E-state index < -0.39 is 5.69 Å². The van der Waals surface area contributed by atoms with E-state index in [9.17, 15) is 9.59 Å². The Morgan fingerprint density at radius 3 is 2.48 bits per heavy atom. The fourth-order valence-corrected chi connectivity index (χ4v) is 2.57. The van der Waals surface area contributed by atoms with E-state index in [4.69, 9.17) is 11.6 Å². The number of aromatic nitrogens is 2. The molecular weight excluding hydrogens is 288 g/mol. The molecule has 0 fully saturated rings. The van der Waals surface area contributed by atoms with E-state index in [2.05, 4.69) is 11.9 Å². The molecule has 0 aliphatic heterocycles. The van der Waals surface area contributed by atoms with E-state index in [1.165, 1.54) is 4.57 Å². The highest BCUT2D eigenvalue weighted by Gasteiger charge is 2.14. The summed E-state index contributed by atoms with van der Waals surface area (Å²) in [5.74, 6) is 0. The summed E-state index contributed by atoms with van der Waals surface area (Å²) in [6, 6.07) is 9.15. The van der Waals surface area contributed by atoms with E-state index in [1.807, 2.05) is 30.3 Å². The van der Waals surface area contributed by atoms with Crippen LogP contribution < -0.4 is 11.2 Å². The van der Waals surface area contributed by atoms with Crippen LogP contribution in [0.25, 0.3) is 11.1 Å². The summed E-state index contributed by atoms with van der Waals surface area (Å²) in [6.45, 7) is 2.54. The summed E-state index contributed by atoms with van der Waals surface area (Å²) in [6.07, 6.45) is 4.03. The molecule has 1 aromatic heterocycles. The molecule has 0 aliphatic carbocycles. The van der Waals surface area contributed by atoms with Gasteiger partial charge in [-0.05, 0) is 12.0 Å². The summed E-state index contributed by atoms with van der Waals surface area (Å²) in [5.41, 5.74) is 0.297. The van der Waals surface area contributed by atoms with Gasteiger partial charge in [0.15, 0.2) is 0 Å². The molecular formula is C16H19ClN2O2. The van der Waals surface area contributed by atoms with Crippen molar-refractivity contribution in [2.75, 3.05) is 0 Å². The van der Waals surface area contributed by atoms with Crippen molar-refractivity contribution in [3.8, 4) is 11.1 Å². The average molecular weight is 307 g/mol. The third-order valence-electron chi connectivity index (χ3n) is 3.44. The Morgan fingerprint density at radius 2 is 1.81 bits per heavy atom. The van der Waals surface area contributed by atoms with E-state index in [-0.39, 0.29) is 10.7 Å². The van der Waals surface area contributed by atoms with Gasteiger partial charge < -0.3 is 0 Å². The third-order valence-corrected chi connectivity index (χ3v) is 3.72. The molecule has 0 saturated carbocycles. The molecule has 0 radical (unpaired) electrons. The van der Waals surface area contributed by atoms with E-state index in [0.717, 1.165) is 25.7 Å². The predicted molar refractivity (Wildman–Crippen MR) is 85.9 cm³/mol. The molecule has 2 aromatic rings. The molecule has 2 rings (SSSR count). The molecule has 0 aliphatic rings. The lowest BCUT2D eigenvalue weighted by Crippen LogP contribution is -2.36. The number of hydrogen-bond donors (Lipinski definition) is 1. The normalized spacial score (nSPS) is 10.8. The lowest BCUT2D eigenvalue weighted by atomic mass is 10.1. The highest BCUT2D eigenvalue weighted by atomic mass is 35.5. The van der Waals surface area contributed by atoms with Crippen LogP contribution in [0.3, 0.4) is 0 Å².